The van der Waals surface area contributed by atoms with Crippen molar-refractivity contribution in [1.29, 1.82) is 0 Å². The van der Waals surface area contributed by atoms with Crippen LogP contribution in [0.25, 0.3) is 10.2 Å². The van der Waals surface area contributed by atoms with Gasteiger partial charge in [0.05, 0.1) is 11.9 Å². The maximum absolute atomic E-state index is 12.9. The number of fused-ring (bicyclic) bond motifs is 1. The zero-order chi connectivity index (χ0) is 15.9. The van der Waals surface area contributed by atoms with Gasteiger partial charge in [-0.1, -0.05) is 0 Å². The van der Waals surface area contributed by atoms with E-state index in [9.17, 15) is 4.79 Å². The van der Waals surface area contributed by atoms with Crippen LogP contribution in [-0.2, 0) is 6.54 Å². The van der Waals surface area contributed by atoms with Crippen LogP contribution in [0.3, 0.4) is 0 Å². The van der Waals surface area contributed by atoms with Gasteiger partial charge in [0.15, 0.2) is 0 Å². The molecule has 2 aromatic rings. The Bertz CT molecular complexity index is 743. The molecule has 1 aliphatic rings. The van der Waals surface area contributed by atoms with Crippen molar-refractivity contribution in [3.05, 3.63) is 26.6 Å². The second-order valence-corrected chi connectivity index (χ2v) is 7.58. The average Bonchev–Trinajstić information content (AvgIpc) is 3.22. The summed E-state index contributed by atoms with van der Waals surface area (Å²) < 4.78 is 1.93. The van der Waals surface area contributed by atoms with E-state index >= 15 is 0 Å². The zero-order valence-corrected chi connectivity index (χ0v) is 14.6. The highest BCUT2D eigenvalue weighted by Gasteiger charge is 2.29. The summed E-state index contributed by atoms with van der Waals surface area (Å²) in [5, 5.41) is 4.24. The van der Waals surface area contributed by atoms with Crippen LogP contribution in [-0.4, -0.2) is 41.6 Å². The minimum absolute atomic E-state index is 0.152. The summed E-state index contributed by atoms with van der Waals surface area (Å²) in [6, 6.07) is 0.356. The van der Waals surface area contributed by atoms with E-state index in [0.29, 0.717) is 12.6 Å². The highest BCUT2D eigenvalue weighted by molar-refractivity contribution is 7.18. The SMILES string of the molecule is Cc1sc2nc(CNCCN(C)C)n(C3CC3)c(=O)c2c1C. The second kappa shape index (κ2) is 6.10. The Morgan fingerprint density at radius 1 is 1.36 bits per heavy atom. The third-order valence-corrected chi connectivity index (χ3v) is 5.34. The predicted octanol–water partition coefficient (Wildman–Crippen LogP) is 2.06. The van der Waals surface area contributed by atoms with Gasteiger partial charge in [-0.2, -0.15) is 0 Å². The lowest BCUT2D eigenvalue weighted by Crippen LogP contribution is -2.31. The minimum Gasteiger partial charge on any atom is -0.309 e. The predicted molar refractivity (Wildman–Crippen MR) is 91.9 cm³/mol. The Morgan fingerprint density at radius 2 is 2.09 bits per heavy atom. The number of thiophene rings is 1. The van der Waals surface area contributed by atoms with E-state index in [1.54, 1.807) is 11.3 Å². The standard InChI is InChI=1S/C16H24N4OS/c1-10-11(2)22-15-14(10)16(21)20(12-5-6-12)13(18-15)9-17-7-8-19(3)4/h12,17H,5-9H2,1-4H3. The van der Waals surface area contributed by atoms with Gasteiger partial charge in [0.1, 0.15) is 10.7 Å². The fourth-order valence-corrected chi connectivity index (χ4v) is 3.72. The first-order chi connectivity index (χ1) is 10.5. The molecule has 5 nitrogen and oxygen atoms in total. The van der Waals surface area contributed by atoms with Crippen molar-refractivity contribution >= 4 is 21.6 Å². The maximum atomic E-state index is 12.9. The van der Waals surface area contributed by atoms with Crippen LogP contribution in [0.1, 0.15) is 35.1 Å². The van der Waals surface area contributed by atoms with E-state index in [4.69, 9.17) is 4.98 Å². The van der Waals surface area contributed by atoms with Crippen LogP contribution in [0.4, 0.5) is 0 Å². The van der Waals surface area contributed by atoms with Gasteiger partial charge in [0, 0.05) is 24.0 Å². The van der Waals surface area contributed by atoms with Gasteiger partial charge in [-0.15, -0.1) is 11.3 Å². The molecule has 1 N–H and O–H groups in total. The van der Waals surface area contributed by atoms with Crippen molar-refractivity contribution < 1.29 is 0 Å². The van der Waals surface area contributed by atoms with Crippen LogP contribution in [0.5, 0.6) is 0 Å². The van der Waals surface area contributed by atoms with E-state index in [1.165, 1.54) is 4.88 Å². The highest BCUT2D eigenvalue weighted by Crippen LogP contribution is 2.36. The van der Waals surface area contributed by atoms with Crippen LogP contribution in [0.15, 0.2) is 4.79 Å². The number of hydrogen-bond acceptors (Lipinski definition) is 5. The molecule has 1 saturated carbocycles. The van der Waals surface area contributed by atoms with Crippen molar-refractivity contribution in [2.75, 3.05) is 27.2 Å². The van der Waals surface area contributed by atoms with Crippen molar-refractivity contribution in [1.82, 2.24) is 19.8 Å². The van der Waals surface area contributed by atoms with E-state index in [-0.39, 0.29) is 5.56 Å². The molecule has 1 aliphatic carbocycles. The van der Waals surface area contributed by atoms with Crippen molar-refractivity contribution in [3.8, 4) is 0 Å². The Morgan fingerprint density at radius 3 is 2.73 bits per heavy atom. The quantitative estimate of drug-likeness (QED) is 0.828. The third-order valence-electron chi connectivity index (χ3n) is 4.24. The van der Waals surface area contributed by atoms with Crippen molar-refractivity contribution in [2.45, 2.75) is 39.3 Å². The number of aromatic nitrogens is 2. The van der Waals surface area contributed by atoms with Gasteiger partial charge >= 0.3 is 0 Å². The number of likely N-dealkylation sites (N-methyl/N-ethyl adjacent to an activating group) is 1. The second-order valence-electron chi connectivity index (χ2n) is 6.38. The minimum atomic E-state index is 0.152. The van der Waals surface area contributed by atoms with Gasteiger partial charge in [0.2, 0.25) is 0 Å². The maximum Gasteiger partial charge on any atom is 0.262 e. The largest absolute Gasteiger partial charge is 0.309 e. The number of aryl methyl sites for hydroxylation is 2. The van der Waals surface area contributed by atoms with Gasteiger partial charge in [0.25, 0.3) is 5.56 Å². The highest BCUT2D eigenvalue weighted by atomic mass is 32.1. The Hall–Kier alpha value is -1.24. The number of nitrogens with zero attached hydrogens (tertiary/aromatic N) is 3. The molecule has 0 atom stereocenters. The van der Waals surface area contributed by atoms with Gasteiger partial charge in [-0.05, 0) is 46.3 Å². The fourth-order valence-electron chi connectivity index (χ4n) is 2.69. The van der Waals surface area contributed by atoms with Crippen molar-refractivity contribution in [2.24, 2.45) is 0 Å². The molecular weight excluding hydrogens is 296 g/mol. The molecule has 1 fully saturated rings. The van der Waals surface area contributed by atoms with Crippen molar-refractivity contribution in [3.63, 3.8) is 0 Å². The van der Waals surface area contributed by atoms with E-state index in [1.807, 2.05) is 11.5 Å². The average molecular weight is 320 g/mol. The first kappa shape index (κ1) is 15.6. The summed E-state index contributed by atoms with van der Waals surface area (Å²) >= 11 is 1.63. The molecule has 0 spiro atoms. The number of rotatable bonds is 6. The normalized spacial score (nSPS) is 15.1. The monoisotopic (exact) mass is 320 g/mol. The van der Waals surface area contributed by atoms with Crippen LogP contribution in [0.2, 0.25) is 0 Å². The molecule has 6 heteroatoms. The lowest BCUT2D eigenvalue weighted by atomic mass is 10.2. The molecule has 0 aliphatic heterocycles. The lowest BCUT2D eigenvalue weighted by Gasteiger charge is -2.14. The molecule has 0 amide bonds. The molecule has 0 bridgehead atoms. The summed E-state index contributed by atoms with van der Waals surface area (Å²) in [5.74, 6) is 0.889. The van der Waals surface area contributed by atoms with E-state index in [0.717, 1.165) is 47.5 Å². The summed E-state index contributed by atoms with van der Waals surface area (Å²) in [6.07, 6.45) is 2.19. The molecule has 0 radical (unpaired) electrons. The van der Waals surface area contributed by atoms with Crippen LogP contribution in [0, 0.1) is 13.8 Å². The smallest absolute Gasteiger partial charge is 0.262 e. The third kappa shape index (κ3) is 2.95. The zero-order valence-electron chi connectivity index (χ0n) is 13.8. The lowest BCUT2D eigenvalue weighted by molar-refractivity contribution is 0.397. The Labute approximate surface area is 135 Å². The first-order valence-corrected chi connectivity index (χ1v) is 8.67. The van der Waals surface area contributed by atoms with Gasteiger partial charge in [-0.3, -0.25) is 9.36 Å². The molecule has 0 saturated heterocycles. The molecular formula is C16H24N4OS. The topological polar surface area (TPSA) is 50.2 Å². The first-order valence-electron chi connectivity index (χ1n) is 7.85. The number of hydrogen-bond donors (Lipinski definition) is 1. The molecule has 120 valence electrons. The van der Waals surface area contributed by atoms with Crippen LogP contribution < -0.4 is 10.9 Å². The van der Waals surface area contributed by atoms with Crippen LogP contribution >= 0.6 is 11.3 Å². The number of nitrogens with one attached hydrogen (secondary N) is 1. The summed E-state index contributed by atoms with van der Waals surface area (Å²) in [5.41, 5.74) is 1.25. The van der Waals surface area contributed by atoms with E-state index < -0.39 is 0 Å². The van der Waals surface area contributed by atoms with Gasteiger partial charge < -0.3 is 10.2 Å². The Kier molecular flexibility index (Phi) is 4.34. The summed E-state index contributed by atoms with van der Waals surface area (Å²) in [7, 11) is 4.12. The molecule has 2 aromatic heterocycles. The Balaban J connectivity index is 1.94. The molecule has 2 heterocycles. The van der Waals surface area contributed by atoms with E-state index in [2.05, 4.69) is 31.2 Å². The summed E-state index contributed by atoms with van der Waals surface area (Å²) in [4.78, 5) is 21.9. The summed E-state index contributed by atoms with van der Waals surface area (Å²) in [6.45, 7) is 6.63. The molecule has 0 aromatic carbocycles. The molecule has 22 heavy (non-hydrogen) atoms. The molecule has 0 unspecified atom stereocenters. The molecule has 3 rings (SSSR count). The fraction of sp³-hybridized carbons (Fsp3) is 0.625. The van der Waals surface area contributed by atoms with Gasteiger partial charge in [-0.25, -0.2) is 4.98 Å².